The number of fused-ring (bicyclic) bond motifs is 1. The second kappa shape index (κ2) is 6.20. The van der Waals surface area contributed by atoms with Gasteiger partial charge in [0.2, 0.25) is 0 Å². The van der Waals surface area contributed by atoms with Crippen LogP contribution >= 0.6 is 0 Å². The molecule has 0 N–H and O–H groups in total. The van der Waals surface area contributed by atoms with E-state index in [1.807, 2.05) is 25.4 Å². The molecule has 0 unspecified atom stereocenters. The minimum absolute atomic E-state index is 0.0698. The molecule has 0 bridgehead atoms. The van der Waals surface area contributed by atoms with Crippen LogP contribution in [0.3, 0.4) is 0 Å². The molecule has 1 aromatic heterocycles. The van der Waals surface area contributed by atoms with Crippen molar-refractivity contribution >= 4 is 17.5 Å². The first-order valence-corrected chi connectivity index (χ1v) is 10.3. The molecule has 1 aromatic carbocycles. The Balaban J connectivity index is 1.66. The fraction of sp³-hybridized carbons (Fsp3) is 0.417. The molecule has 4 nitrogen and oxygen atoms in total. The standard InChI is InChI=1S/C24H26N2O2/c1-16(27)17-6-7-22(26-12-10-24(8-9-24)11-13-26)20(14-17)21-15-25(2)23(28)19-5-3-4-18(19)21/h3-4,6-7,14-15H,5,8-13H2,1-2H3. The normalized spacial score (nSPS) is 19.1. The van der Waals surface area contributed by atoms with Gasteiger partial charge in [-0.2, -0.15) is 0 Å². The zero-order chi connectivity index (χ0) is 19.5. The number of hydrogen-bond acceptors (Lipinski definition) is 3. The lowest BCUT2D eigenvalue weighted by Gasteiger charge is -2.35. The average Bonchev–Trinajstić information content (AvgIpc) is 3.26. The number of aryl methyl sites for hydroxylation is 1. The second-order valence-electron chi connectivity index (χ2n) is 8.73. The van der Waals surface area contributed by atoms with Gasteiger partial charge in [0.25, 0.3) is 5.56 Å². The number of allylic oxidation sites excluding steroid dienone is 1. The molecule has 2 aliphatic carbocycles. The summed E-state index contributed by atoms with van der Waals surface area (Å²) in [5.74, 6) is 0.0698. The van der Waals surface area contributed by atoms with E-state index in [0.717, 1.165) is 40.9 Å². The van der Waals surface area contributed by atoms with Gasteiger partial charge in [-0.1, -0.05) is 12.2 Å². The largest absolute Gasteiger partial charge is 0.371 e. The van der Waals surface area contributed by atoms with Crippen molar-refractivity contribution in [3.63, 3.8) is 0 Å². The zero-order valence-electron chi connectivity index (χ0n) is 16.6. The molecule has 0 atom stereocenters. The molecule has 5 rings (SSSR count). The van der Waals surface area contributed by atoms with Gasteiger partial charge in [0, 0.05) is 54.3 Å². The maximum absolute atomic E-state index is 12.5. The van der Waals surface area contributed by atoms with E-state index in [1.54, 1.807) is 11.5 Å². The number of ketones is 1. The van der Waals surface area contributed by atoms with Crippen molar-refractivity contribution in [3.05, 3.63) is 57.5 Å². The molecule has 4 heteroatoms. The number of carbonyl (C=O) groups is 1. The quantitative estimate of drug-likeness (QED) is 0.756. The highest BCUT2D eigenvalue weighted by Crippen LogP contribution is 2.54. The molecule has 0 amide bonds. The van der Waals surface area contributed by atoms with Crippen molar-refractivity contribution < 1.29 is 4.79 Å². The van der Waals surface area contributed by atoms with Gasteiger partial charge in [-0.3, -0.25) is 9.59 Å². The Labute approximate surface area is 165 Å². The number of anilines is 1. The van der Waals surface area contributed by atoms with Gasteiger partial charge in [-0.15, -0.1) is 0 Å². The molecule has 2 heterocycles. The molecule has 28 heavy (non-hydrogen) atoms. The van der Waals surface area contributed by atoms with E-state index in [9.17, 15) is 9.59 Å². The first-order chi connectivity index (χ1) is 13.5. The Morgan fingerprint density at radius 1 is 1.07 bits per heavy atom. The lowest BCUT2D eigenvalue weighted by atomic mass is 9.91. The third-order valence-electron chi connectivity index (χ3n) is 6.94. The summed E-state index contributed by atoms with van der Waals surface area (Å²) in [6, 6.07) is 6.07. The highest BCUT2D eigenvalue weighted by molar-refractivity contribution is 5.98. The molecule has 2 fully saturated rings. The van der Waals surface area contributed by atoms with Crippen LogP contribution in [0.1, 0.15) is 54.1 Å². The van der Waals surface area contributed by atoms with Crippen LogP contribution in [0.4, 0.5) is 5.69 Å². The summed E-state index contributed by atoms with van der Waals surface area (Å²) in [6.07, 6.45) is 12.0. The summed E-state index contributed by atoms with van der Waals surface area (Å²) in [5, 5.41) is 0. The van der Waals surface area contributed by atoms with E-state index < -0.39 is 0 Å². The van der Waals surface area contributed by atoms with Gasteiger partial charge in [-0.25, -0.2) is 0 Å². The number of carbonyl (C=O) groups excluding carboxylic acids is 1. The lowest BCUT2D eigenvalue weighted by molar-refractivity contribution is 0.101. The van der Waals surface area contributed by atoms with Crippen molar-refractivity contribution in [2.24, 2.45) is 12.5 Å². The van der Waals surface area contributed by atoms with Crippen LogP contribution in [0.15, 0.2) is 35.3 Å². The van der Waals surface area contributed by atoms with E-state index in [4.69, 9.17) is 0 Å². The molecule has 144 valence electrons. The number of pyridine rings is 1. The molecule has 1 spiro atoms. The number of aromatic nitrogens is 1. The molecule has 3 aliphatic rings. The Hall–Kier alpha value is -2.62. The predicted molar refractivity (Wildman–Crippen MR) is 113 cm³/mol. The van der Waals surface area contributed by atoms with Crippen LogP contribution in [-0.2, 0) is 13.5 Å². The minimum atomic E-state index is 0.0698. The van der Waals surface area contributed by atoms with E-state index in [2.05, 4.69) is 23.1 Å². The topological polar surface area (TPSA) is 42.3 Å². The minimum Gasteiger partial charge on any atom is -0.371 e. The van der Waals surface area contributed by atoms with Crippen LogP contribution in [0.2, 0.25) is 0 Å². The molecule has 1 aliphatic heterocycles. The van der Waals surface area contributed by atoms with Crippen LogP contribution < -0.4 is 10.5 Å². The van der Waals surface area contributed by atoms with E-state index >= 15 is 0 Å². The summed E-state index contributed by atoms with van der Waals surface area (Å²) in [6.45, 7) is 3.74. The second-order valence-corrected chi connectivity index (χ2v) is 8.73. The van der Waals surface area contributed by atoms with E-state index in [1.165, 1.54) is 31.4 Å². The maximum Gasteiger partial charge on any atom is 0.254 e. The molecule has 2 aromatic rings. The van der Waals surface area contributed by atoms with Gasteiger partial charge < -0.3 is 9.47 Å². The molecular formula is C24H26N2O2. The predicted octanol–water partition coefficient (Wildman–Crippen LogP) is 4.20. The monoisotopic (exact) mass is 374 g/mol. The molecule has 1 saturated heterocycles. The van der Waals surface area contributed by atoms with Gasteiger partial charge in [0.15, 0.2) is 5.78 Å². The van der Waals surface area contributed by atoms with Crippen molar-refractivity contribution in [1.82, 2.24) is 4.57 Å². The van der Waals surface area contributed by atoms with Crippen molar-refractivity contribution in [3.8, 4) is 11.1 Å². The Bertz CT molecular complexity index is 1060. The van der Waals surface area contributed by atoms with Crippen LogP contribution in [0.25, 0.3) is 17.2 Å². The SMILES string of the molecule is CC(=O)c1ccc(N2CCC3(CC2)CC3)c(-c2cn(C)c(=O)c3c2C=CC3)c1. The number of hydrogen-bond donors (Lipinski definition) is 0. The van der Waals surface area contributed by atoms with Gasteiger partial charge in [0.05, 0.1) is 0 Å². The summed E-state index contributed by atoms with van der Waals surface area (Å²) in [4.78, 5) is 27.1. The molecule has 0 radical (unpaired) electrons. The summed E-state index contributed by atoms with van der Waals surface area (Å²) in [7, 11) is 1.82. The Morgan fingerprint density at radius 2 is 1.82 bits per heavy atom. The van der Waals surface area contributed by atoms with Gasteiger partial charge in [0.1, 0.15) is 0 Å². The first kappa shape index (κ1) is 17.5. The van der Waals surface area contributed by atoms with Crippen LogP contribution in [0.5, 0.6) is 0 Å². The summed E-state index contributed by atoms with van der Waals surface area (Å²) in [5.41, 5.74) is 6.59. The van der Waals surface area contributed by atoms with Gasteiger partial charge in [-0.05, 0) is 68.2 Å². The lowest BCUT2D eigenvalue weighted by Crippen LogP contribution is -2.34. The highest BCUT2D eigenvalue weighted by Gasteiger charge is 2.44. The maximum atomic E-state index is 12.5. The van der Waals surface area contributed by atoms with E-state index in [0.29, 0.717) is 11.8 Å². The number of piperidine rings is 1. The molecular weight excluding hydrogens is 348 g/mol. The Kier molecular flexibility index (Phi) is 3.87. The fourth-order valence-electron chi connectivity index (χ4n) is 4.85. The summed E-state index contributed by atoms with van der Waals surface area (Å²) >= 11 is 0. The van der Waals surface area contributed by atoms with Crippen LogP contribution in [0, 0.1) is 5.41 Å². The zero-order valence-corrected chi connectivity index (χ0v) is 16.6. The highest BCUT2D eigenvalue weighted by atomic mass is 16.1. The number of nitrogens with zero attached hydrogens (tertiary/aromatic N) is 2. The molecule has 1 saturated carbocycles. The van der Waals surface area contributed by atoms with Crippen molar-refractivity contribution in [2.45, 2.75) is 39.0 Å². The Morgan fingerprint density at radius 3 is 2.50 bits per heavy atom. The van der Waals surface area contributed by atoms with Crippen molar-refractivity contribution in [2.75, 3.05) is 18.0 Å². The summed E-state index contributed by atoms with van der Waals surface area (Å²) < 4.78 is 1.68. The number of rotatable bonds is 3. The third kappa shape index (κ3) is 2.74. The van der Waals surface area contributed by atoms with Gasteiger partial charge >= 0.3 is 0 Å². The number of benzene rings is 1. The third-order valence-corrected chi connectivity index (χ3v) is 6.94. The first-order valence-electron chi connectivity index (χ1n) is 10.3. The smallest absolute Gasteiger partial charge is 0.254 e. The van der Waals surface area contributed by atoms with E-state index in [-0.39, 0.29) is 11.3 Å². The fourth-order valence-corrected chi connectivity index (χ4v) is 4.85. The number of Topliss-reactive ketones (excluding diaryl/α,β-unsaturated/α-hetero) is 1. The van der Waals surface area contributed by atoms with Crippen molar-refractivity contribution in [1.29, 1.82) is 0 Å². The van der Waals surface area contributed by atoms with Crippen LogP contribution in [-0.4, -0.2) is 23.4 Å². The average molecular weight is 374 g/mol.